The average Bonchev–Trinajstić information content (AvgIpc) is 2.19. The van der Waals surface area contributed by atoms with Crippen molar-refractivity contribution < 1.29 is 22.7 Å². The van der Waals surface area contributed by atoms with Crippen LogP contribution in [-0.4, -0.2) is 17.6 Å². The molecule has 88 valence electrons. The summed E-state index contributed by atoms with van der Waals surface area (Å²) in [6.45, 7) is -0.0443. The third-order valence-corrected chi connectivity index (χ3v) is 1.62. The lowest BCUT2D eigenvalue weighted by Crippen LogP contribution is -2.20. The maximum absolute atomic E-state index is 12.0. The van der Waals surface area contributed by atoms with Gasteiger partial charge in [-0.2, -0.15) is 0 Å². The number of carbonyl (C=O) groups is 1. The third-order valence-electron chi connectivity index (χ3n) is 1.62. The van der Waals surface area contributed by atoms with Crippen LogP contribution in [0.25, 0.3) is 0 Å². The zero-order valence-corrected chi connectivity index (χ0v) is 7.91. The molecule has 5 nitrogen and oxygen atoms in total. The molecule has 0 saturated carbocycles. The van der Waals surface area contributed by atoms with Gasteiger partial charge in [0, 0.05) is 6.54 Å². The second kappa shape index (κ2) is 4.35. The number of rotatable bonds is 3. The molecule has 8 heteroatoms. The Balaban J connectivity index is 3.22. The lowest BCUT2D eigenvalue weighted by Gasteiger charge is -2.13. The molecular formula is C8H8F3N3O2. The summed E-state index contributed by atoms with van der Waals surface area (Å²) < 4.78 is 39.5. The fraction of sp³-hybridized carbons (Fsp3) is 0.250. The lowest BCUT2D eigenvalue weighted by molar-refractivity contribution is -0.274. The molecule has 0 atom stereocenters. The number of ether oxygens (including phenoxy) is 1. The lowest BCUT2D eigenvalue weighted by atomic mass is 10.2. The van der Waals surface area contributed by atoms with Crippen molar-refractivity contribution in [3.63, 3.8) is 0 Å². The number of hydrogen-bond donors (Lipinski definition) is 2. The molecule has 0 aliphatic heterocycles. The Morgan fingerprint density at radius 3 is 2.56 bits per heavy atom. The number of carbonyl (C=O) groups excluding carboxylic acids is 1. The molecule has 0 aromatic carbocycles. The molecule has 0 amide bonds. The summed E-state index contributed by atoms with van der Waals surface area (Å²) in [5.74, 6) is -0.806. The molecule has 0 bridgehead atoms. The fourth-order valence-electron chi connectivity index (χ4n) is 1.04. The molecule has 1 heterocycles. The summed E-state index contributed by atoms with van der Waals surface area (Å²) in [5, 5.41) is 0. The highest BCUT2D eigenvalue weighted by atomic mass is 19.4. The molecule has 0 aliphatic carbocycles. The Labute approximate surface area is 88.2 Å². The van der Waals surface area contributed by atoms with Gasteiger partial charge in [-0.15, -0.1) is 13.2 Å². The first kappa shape index (κ1) is 12.2. The van der Waals surface area contributed by atoms with Crippen LogP contribution in [0.5, 0.6) is 5.75 Å². The molecule has 0 unspecified atom stereocenters. The Morgan fingerprint density at radius 2 is 2.12 bits per heavy atom. The van der Waals surface area contributed by atoms with E-state index >= 15 is 0 Å². The van der Waals surface area contributed by atoms with Crippen LogP contribution >= 0.6 is 0 Å². The van der Waals surface area contributed by atoms with Crippen LogP contribution in [0.4, 0.5) is 18.9 Å². The van der Waals surface area contributed by atoms with Crippen LogP contribution in [-0.2, 0) is 6.54 Å². The standard InChI is InChI=1S/C8H8F3N3O2/c9-8(10,11)16-7-5(13)1-4(2-12)14-6(7)3-15/h1,3H,2,12H2,(H2,13,14). The van der Waals surface area contributed by atoms with Gasteiger partial charge in [-0.3, -0.25) is 4.79 Å². The molecule has 4 N–H and O–H groups in total. The minimum absolute atomic E-state index is 0.0443. The van der Waals surface area contributed by atoms with Crippen molar-refractivity contribution in [3.05, 3.63) is 17.5 Å². The number of alkyl halides is 3. The second-order valence-electron chi connectivity index (χ2n) is 2.79. The number of anilines is 1. The van der Waals surface area contributed by atoms with Gasteiger partial charge in [-0.1, -0.05) is 0 Å². The number of halogens is 3. The molecule has 0 saturated heterocycles. The van der Waals surface area contributed by atoms with Crippen LogP contribution in [0.1, 0.15) is 16.2 Å². The van der Waals surface area contributed by atoms with E-state index in [1.807, 2.05) is 0 Å². The van der Waals surface area contributed by atoms with Crippen molar-refractivity contribution in [2.45, 2.75) is 12.9 Å². The largest absolute Gasteiger partial charge is 0.573 e. The first-order chi connectivity index (χ1) is 7.37. The molecule has 0 fully saturated rings. The number of aldehydes is 1. The highest BCUT2D eigenvalue weighted by Gasteiger charge is 2.33. The number of pyridine rings is 1. The zero-order valence-electron chi connectivity index (χ0n) is 7.91. The molecule has 1 rings (SSSR count). The van der Waals surface area contributed by atoms with Crippen molar-refractivity contribution >= 4 is 12.0 Å². The summed E-state index contributed by atoms with van der Waals surface area (Å²) >= 11 is 0. The first-order valence-electron chi connectivity index (χ1n) is 4.07. The summed E-state index contributed by atoms with van der Waals surface area (Å²) in [6, 6.07) is 1.12. The molecular weight excluding hydrogens is 227 g/mol. The first-order valence-corrected chi connectivity index (χ1v) is 4.07. The van der Waals surface area contributed by atoms with E-state index in [4.69, 9.17) is 11.5 Å². The SMILES string of the molecule is NCc1cc(N)c(OC(F)(F)F)c(C=O)n1. The van der Waals surface area contributed by atoms with Crippen LogP contribution in [0, 0.1) is 0 Å². The van der Waals surface area contributed by atoms with Crippen LogP contribution in [0.2, 0.25) is 0 Å². The smallest absolute Gasteiger partial charge is 0.401 e. The molecule has 1 aromatic rings. The highest BCUT2D eigenvalue weighted by molar-refractivity contribution is 5.80. The Kier molecular flexibility index (Phi) is 3.33. The topological polar surface area (TPSA) is 91.2 Å². The van der Waals surface area contributed by atoms with Crippen molar-refractivity contribution in [1.82, 2.24) is 4.98 Å². The van der Waals surface area contributed by atoms with Crippen LogP contribution < -0.4 is 16.2 Å². The molecule has 0 radical (unpaired) electrons. The monoisotopic (exact) mass is 235 g/mol. The van der Waals surface area contributed by atoms with Gasteiger partial charge in [0.15, 0.2) is 12.0 Å². The molecule has 1 aromatic heterocycles. The van der Waals surface area contributed by atoms with E-state index in [1.54, 1.807) is 0 Å². The predicted octanol–water partition coefficient (Wildman–Crippen LogP) is 0.834. The minimum Gasteiger partial charge on any atom is -0.401 e. The average molecular weight is 235 g/mol. The van der Waals surface area contributed by atoms with Crippen LogP contribution in [0.3, 0.4) is 0 Å². The van der Waals surface area contributed by atoms with E-state index in [2.05, 4.69) is 9.72 Å². The number of nitrogen functional groups attached to an aromatic ring is 1. The van der Waals surface area contributed by atoms with Gasteiger partial charge in [0.1, 0.15) is 5.69 Å². The van der Waals surface area contributed by atoms with Gasteiger partial charge < -0.3 is 16.2 Å². The van der Waals surface area contributed by atoms with Crippen molar-refractivity contribution in [2.75, 3.05) is 5.73 Å². The Bertz CT molecular complexity index is 406. The summed E-state index contributed by atoms with van der Waals surface area (Å²) in [7, 11) is 0. The summed E-state index contributed by atoms with van der Waals surface area (Å²) in [5.41, 5.74) is 9.86. The van der Waals surface area contributed by atoms with Gasteiger partial charge in [-0.05, 0) is 6.07 Å². The van der Waals surface area contributed by atoms with E-state index in [9.17, 15) is 18.0 Å². The Morgan fingerprint density at radius 1 is 1.50 bits per heavy atom. The number of nitrogens with two attached hydrogens (primary N) is 2. The fourth-order valence-corrected chi connectivity index (χ4v) is 1.04. The van der Waals surface area contributed by atoms with Crippen molar-refractivity contribution in [2.24, 2.45) is 5.73 Å². The van der Waals surface area contributed by atoms with E-state index in [0.29, 0.717) is 0 Å². The molecule has 0 aliphatic rings. The maximum atomic E-state index is 12.0. The predicted molar refractivity (Wildman–Crippen MR) is 48.6 cm³/mol. The number of aromatic nitrogens is 1. The van der Waals surface area contributed by atoms with E-state index in [-0.39, 0.29) is 24.2 Å². The van der Waals surface area contributed by atoms with Gasteiger partial charge in [0.2, 0.25) is 0 Å². The van der Waals surface area contributed by atoms with E-state index in [1.165, 1.54) is 0 Å². The molecule has 16 heavy (non-hydrogen) atoms. The van der Waals surface area contributed by atoms with Gasteiger partial charge >= 0.3 is 6.36 Å². The van der Waals surface area contributed by atoms with E-state index < -0.39 is 17.8 Å². The number of nitrogens with zero attached hydrogens (tertiary/aromatic N) is 1. The minimum atomic E-state index is -4.93. The normalized spacial score (nSPS) is 11.2. The quantitative estimate of drug-likeness (QED) is 0.757. The van der Waals surface area contributed by atoms with Crippen molar-refractivity contribution in [1.29, 1.82) is 0 Å². The van der Waals surface area contributed by atoms with Gasteiger partial charge in [-0.25, -0.2) is 4.98 Å². The highest BCUT2D eigenvalue weighted by Crippen LogP contribution is 2.30. The summed E-state index contributed by atoms with van der Waals surface area (Å²) in [6.07, 6.45) is -4.81. The van der Waals surface area contributed by atoms with Gasteiger partial charge in [0.25, 0.3) is 0 Å². The maximum Gasteiger partial charge on any atom is 0.573 e. The third kappa shape index (κ3) is 2.83. The van der Waals surface area contributed by atoms with Crippen molar-refractivity contribution in [3.8, 4) is 5.75 Å². The van der Waals surface area contributed by atoms with E-state index in [0.717, 1.165) is 6.07 Å². The summed E-state index contributed by atoms with van der Waals surface area (Å²) in [4.78, 5) is 14.1. The van der Waals surface area contributed by atoms with Gasteiger partial charge in [0.05, 0.1) is 11.4 Å². The number of hydrogen-bond acceptors (Lipinski definition) is 5. The second-order valence-corrected chi connectivity index (χ2v) is 2.79. The zero-order chi connectivity index (χ0) is 12.3. The molecule has 0 spiro atoms. The van der Waals surface area contributed by atoms with Crippen LogP contribution in [0.15, 0.2) is 6.07 Å². The Hall–Kier alpha value is -1.83.